The highest BCUT2D eigenvalue weighted by Gasteiger charge is 2.25. The van der Waals surface area contributed by atoms with Crippen LogP contribution in [0.1, 0.15) is 25.8 Å². The van der Waals surface area contributed by atoms with E-state index in [1.54, 1.807) is 24.3 Å². The first kappa shape index (κ1) is 25.6. The Hall–Kier alpha value is -4.03. The summed E-state index contributed by atoms with van der Waals surface area (Å²) in [6.07, 6.45) is 4.44. The maximum Gasteiger partial charge on any atom is 0.228 e. The topological polar surface area (TPSA) is 145 Å². The molecule has 0 spiro atoms. The van der Waals surface area contributed by atoms with Gasteiger partial charge in [0.15, 0.2) is 15.5 Å². The van der Waals surface area contributed by atoms with Crippen LogP contribution >= 0.6 is 0 Å². The number of nitrogens with two attached hydrogens (primary N) is 1. The van der Waals surface area contributed by atoms with Crippen molar-refractivity contribution >= 4 is 44.0 Å². The fraction of sp³-hybridized carbons (Fsp3) is 0.308. The largest absolute Gasteiger partial charge is 0.495 e. The van der Waals surface area contributed by atoms with Gasteiger partial charge in [0.05, 0.1) is 29.1 Å². The van der Waals surface area contributed by atoms with E-state index in [1.165, 1.54) is 37.4 Å². The third-order valence-corrected chi connectivity index (χ3v) is 7.83. The number of sulfone groups is 1. The third kappa shape index (κ3) is 4.68. The van der Waals surface area contributed by atoms with E-state index in [0.29, 0.717) is 39.7 Å². The molecule has 5 rings (SSSR count). The summed E-state index contributed by atoms with van der Waals surface area (Å²) in [4.78, 5) is 23.1. The van der Waals surface area contributed by atoms with Gasteiger partial charge in [-0.15, -0.1) is 0 Å². The second-order valence-electron chi connectivity index (χ2n) is 9.24. The molecule has 1 fully saturated rings. The highest BCUT2D eigenvalue weighted by molar-refractivity contribution is 7.90. The van der Waals surface area contributed by atoms with Crippen LogP contribution in [0.5, 0.6) is 5.75 Å². The fourth-order valence-electron chi connectivity index (χ4n) is 4.85. The number of amides is 1. The van der Waals surface area contributed by atoms with Crippen LogP contribution in [0, 0.1) is 0 Å². The zero-order valence-corrected chi connectivity index (χ0v) is 22.2. The van der Waals surface area contributed by atoms with Crippen molar-refractivity contribution in [1.29, 1.82) is 0 Å². The third-order valence-electron chi connectivity index (χ3n) is 6.70. The van der Waals surface area contributed by atoms with Crippen LogP contribution in [0.3, 0.4) is 0 Å². The van der Waals surface area contributed by atoms with Crippen molar-refractivity contribution in [3.63, 3.8) is 0 Å². The first-order chi connectivity index (χ1) is 18.2. The molecule has 198 valence electrons. The first-order valence-electron chi connectivity index (χ1n) is 12.2. The second kappa shape index (κ2) is 10.0. The Morgan fingerprint density at radius 1 is 1.13 bits per heavy atom. The smallest absolute Gasteiger partial charge is 0.228 e. The van der Waals surface area contributed by atoms with Gasteiger partial charge in [0.1, 0.15) is 23.6 Å². The Balaban J connectivity index is 1.60. The average molecular weight is 536 g/mol. The quantitative estimate of drug-likeness (QED) is 0.380. The first-order valence-corrected chi connectivity index (χ1v) is 14.1. The molecule has 4 aromatic rings. The van der Waals surface area contributed by atoms with E-state index in [4.69, 9.17) is 15.6 Å². The standard InChI is InChI=1S/C26H29N7O4S/c1-16(34)32(18-5-7-20(8-6-18)38(3,35)36)21-9-4-17(14-22(21)37-2)24-23-25(27)29-15-30-26(23)33(31-24)19-10-12-28-13-11-19/h4-9,14-15,19,28H,10-13H2,1-3H3,(H2,27,29,30). The van der Waals surface area contributed by atoms with E-state index < -0.39 is 9.84 Å². The van der Waals surface area contributed by atoms with E-state index in [0.717, 1.165) is 37.8 Å². The lowest BCUT2D eigenvalue weighted by atomic mass is 10.1. The molecule has 3 heterocycles. The number of carbonyl (C=O) groups excluding carboxylic acids is 1. The minimum atomic E-state index is -3.37. The van der Waals surface area contributed by atoms with Crippen molar-refractivity contribution < 1.29 is 17.9 Å². The number of nitrogen functional groups attached to an aromatic ring is 1. The van der Waals surface area contributed by atoms with Gasteiger partial charge in [-0.25, -0.2) is 23.1 Å². The number of hydrogen-bond acceptors (Lipinski definition) is 9. The number of rotatable bonds is 6. The predicted molar refractivity (Wildman–Crippen MR) is 145 cm³/mol. The number of carbonyl (C=O) groups is 1. The molecule has 0 aliphatic carbocycles. The molecular formula is C26H29N7O4S. The molecular weight excluding hydrogens is 506 g/mol. The molecule has 0 unspecified atom stereocenters. The zero-order valence-electron chi connectivity index (χ0n) is 21.4. The number of nitrogens with one attached hydrogen (secondary N) is 1. The summed E-state index contributed by atoms with van der Waals surface area (Å²) in [7, 11) is -1.84. The molecule has 1 amide bonds. The van der Waals surface area contributed by atoms with Crippen LogP contribution in [0.15, 0.2) is 53.7 Å². The second-order valence-corrected chi connectivity index (χ2v) is 11.3. The molecule has 11 nitrogen and oxygen atoms in total. The minimum Gasteiger partial charge on any atom is -0.495 e. The number of hydrogen-bond donors (Lipinski definition) is 2. The van der Waals surface area contributed by atoms with Crippen LogP contribution < -0.4 is 20.7 Å². The summed E-state index contributed by atoms with van der Waals surface area (Å²) in [5.41, 5.74) is 9.36. The van der Waals surface area contributed by atoms with Crippen molar-refractivity contribution in [2.45, 2.75) is 30.7 Å². The molecule has 0 atom stereocenters. The SMILES string of the molecule is COc1cc(-c2nn(C3CCNCC3)c3ncnc(N)c23)ccc1N(C(C)=O)c1ccc(S(C)(=O)=O)cc1. The van der Waals surface area contributed by atoms with Gasteiger partial charge in [-0.1, -0.05) is 6.07 Å². The Morgan fingerprint density at radius 2 is 1.84 bits per heavy atom. The van der Waals surface area contributed by atoms with E-state index in [1.807, 2.05) is 10.7 Å². The van der Waals surface area contributed by atoms with Crippen LogP contribution in [0.2, 0.25) is 0 Å². The van der Waals surface area contributed by atoms with Crippen LogP contribution in [0.25, 0.3) is 22.3 Å². The van der Waals surface area contributed by atoms with E-state index >= 15 is 0 Å². The Bertz CT molecular complexity index is 1610. The number of methoxy groups -OCH3 is 1. The number of nitrogens with zero attached hydrogens (tertiary/aromatic N) is 5. The number of anilines is 3. The van der Waals surface area contributed by atoms with Crippen molar-refractivity contribution in [2.24, 2.45) is 0 Å². The monoisotopic (exact) mass is 535 g/mol. The van der Waals surface area contributed by atoms with Gasteiger partial charge in [0.2, 0.25) is 5.91 Å². The van der Waals surface area contributed by atoms with Crippen LogP contribution in [-0.4, -0.2) is 60.5 Å². The van der Waals surface area contributed by atoms with Gasteiger partial charge < -0.3 is 15.8 Å². The lowest BCUT2D eigenvalue weighted by Crippen LogP contribution is -2.30. The summed E-state index contributed by atoms with van der Waals surface area (Å²) in [5, 5.41) is 8.97. The molecule has 2 aromatic carbocycles. The number of ether oxygens (including phenoxy) is 1. The van der Waals surface area contributed by atoms with E-state index in [9.17, 15) is 13.2 Å². The summed E-state index contributed by atoms with van der Waals surface area (Å²) in [6.45, 7) is 3.23. The maximum absolute atomic E-state index is 12.7. The number of aromatic nitrogens is 4. The molecule has 2 aromatic heterocycles. The van der Waals surface area contributed by atoms with Crippen molar-refractivity contribution in [2.75, 3.05) is 37.1 Å². The molecule has 0 bridgehead atoms. The summed E-state index contributed by atoms with van der Waals surface area (Å²) in [6, 6.07) is 11.8. The maximum atomic E-state index is 12.7. The molecule has 3 N–H and O–H groups in total. The minimum absolute atomic E-state index is 0.170. The number of fused-ring (bicyclic) bond motifs is 1. The molecule has 38 heavy (non-hydrogen) atoms. The Kier molecular flexibility index (Phi) is 6.76. The molecule has 1 aliphatic rings. The molecule has 0 radical (unpaired) electrons. The summed E-state index contributed by atoms with van der Waals surface area (Å²) < 4.78 is 31.4. The van der Waals surface area contributed by atoms with E-state index in [2.05, 4.69) is 15.3 Å². The number of piperidine rings is 1. The molecule has 1 aliphatic heterocycles. The van der Waals surface area contributed by atoms with Crippen molar-refractivity contribution in [3.05, 3.63) is 48.8 Å². The molecule has 0 saturated carbocycles. The van der Waals surface area contributed by atoms with Gasteiger partial charge in [0.25, 0.3) is 0 Å². The summed E-state index contributed by atoms with van der Waals surface area (Å²) >= 11 is 0. The zero-order chi connectivity index (χ0) is 27.0. The normalized spacial score (nSPS) is 14.5. The van der Waals surface area contributed by atoms with Gasteiger partial charge in [0, 0.05) is 24.4 Å². The molecule has 12 heteroatoms. The van der Waals surface area contributed by atoms with Gasteiger partial charge in [-0.3, -0.25) is 9.69 Å². The predicted octanol–water partition coefficient (Wildman–Crippen LogP) is 3.10. The van der Waals surface area contributed by atoms with Gasteiger partial charge in [-0.2, -0.15) is 5.10 Å². The van der Waals surface area contributed by atoms with Gasteiger partial charge in [-0.05, 0) is 62.3 Å². The van der Waals surface area contributed by atoms with Crippen LogP contribution in [-0.2, 0) is 14.6 Å². The highest BCUT2D eigenvalue weighted by atomic mass is 32.2. The van der Waals surface area contributed by atoms with Crippen molar-refractivity contribution in [1.82, 2.24) is 25.1 Å². The lowest BCUT2D eigenvalue weighted by Gasteiger charge is -2.24. The fourth-order valence-corrected chi connectivity index (χ4v) is 5.48. The van der Waals surface area contributed by atoms with Crippen LogP contribution in [0.4, 0.5) is 17.2 Å². The highest BCUT2D eigenvalue weighted by Crippen LogP contribution is 2.40. The molecule has 1 saturated heterocycles. The van der Waals surface area contributed by atoms with E-state index in [-0.39, 0.29) is 16.8 Å². The lowest BCUT2D eigenvalue weighted by molar-refractivity contribution is -0.115. The average Bonchev–Trinajstić information content (AvgIpc) is 3.30. The Morgan fingerprint density at radius 3 is 2.47 bits per heavy atom. The number of benzene rings is 2. The van der Waals surface area contributed by atoms with Crippen molar-refractivity contribution in [3.8, 4) is 17.0 Å². The van der Waals surface area contributed by atoms with Gasteiger partial charge >= 0.3 is 0 Å². The Labute approximate surface area is 220 Å². The summed E-state index contributed by atoms with van der Waals surface area (Å²) in [5.74, 6) is 0.510.